The molecule has 0 bridgehead atoms. The molecule has 0 radical (unpaired) electrons. The molecule has 1 atom stereocenters. The minimum absolute atomic E-state index is 0.132. The summed E-state index contributed by atoms with van der Waals surface area (Å²) in [4.78, 5) is 21.1. The average Bonchev–Trinajstić information content (AvgIpc) is 2.16. The summed E-state index contributed by atoms with van der Waals surface area (Å²) in [7, 11) is 0. The molecule has 0 saturated carbocycles. The van der Waals surface area contributed by atoms with Crippen molar-refractivity contribution >= 4 is 11.9 Å². The van der Waals surface area contributed by atoms with Gasteiger partial charge in [-0.15, -0.1) is 0 Å². The smallest absolute Gasteiger partial charge is 0.344 e. The standard InChI is InChI=1S/C10H9FO5/c1-5(9(12)13)16-8-3-6(10(14)15)2-7(11)4-8/h2-5H,1H3,(H,12,13)(H,14,15). The van der Waals surface area contributed by atoms with E-state index in [1.807, 2.05) is 0 Å². The average molecular weight is 228 g/mol. The van der Waals surface area contributed by atoms with E-state index in [9.17, 15) is 14.0 Å². The van der Waals surface area contributed by atoms with Gasteiger partial charge in [-0.25, -0.2) is 14.0 Å². The van der Waals surface area contributed by atoms with Crippen molar-refractivity contribution in [2.75, 3.05) is 0 Å². The van der Waals surface area contributed by atoms with Crippen LogP contribution in [0.5, 0.6) is 5.75 Å². The number of carbonyl (C=O) groups is 2. The maximum atomic E-state index is 12.9. The van der Waals surface area contributed by atoms with Crippen LogP contribution in [0.25, 0.3) is 0 Å². The quantitative estimate of drug-likeness (QED) is 0.813. The zero-order chi connectivity index (χ0) is 12.3. The van der Waals surface area contributed by atoms with Crippen molar-refractivity contribution in [1.29, 1.82) is 0 Å². The van der Waals surface area contributed by atoms with Gasteiger partial charge in [0.15, 0.2) is 6.10 Å². The van der Waals surface area contributed by atoms with E-state index in [0.29, 0.717) is 0 Å². The summed E-state index contributed by atoms with van der Waals surface area (Å²) in [5, 5.41) is 17.2. The van der Waals surface area contributed by atoms with E-state index < -0.39 is 23.9 Å². The van der Waals surface area contributed by atoms with Crippen molar-refractivity contribution in [3.63, 3.8) is 0 Å². The summed E-state index contributed by atoms with van der Waals surface area (Å²) in [6.07, 6.45) is -1.18. The molecule has 16 heavy (non-hydrogen) atoms. The lowest BCUT2D eigenvalue weighted by molar-refractivity contribution is -0.144. The molecule has 0 aromatic heterocycles. The lowest BCUT2D eigenvalue weighted by atomic mass is 10.2. The Bertz CT molecular complexity index is 429. The van der Waals surface area contributed by atoms with E-state index in [-0.39, 0.29) is 11.3 Å². The maximum absolute atomic E-state index is 12.9. The highest BCUT2D eigenvalue weighted by Gasteiger charge is 2.14. The molecular weight excluding hydrogens is 219 g/mol. The zero-order valence-corrected chi connectivity index (χ0v) is 8.31. The highest BCUT2D eigenvalue weighted by Crippen LogP contribution is 2.17. The number of aromatic carboxylic acids is 1. The molecule has 2 N–H and O–H groups in total. The van der Waals surface area contributed by atoms with Gasteiger partial charge in [-0.1, -0.05) is 0 Å². The number of aliphatic carboxylic acids is 1. The molecule has 0 aliphatic rings. The molecule has 0 spiro atoms. The van der Waals surface area contributed by atoms with Crippen LogP contribution in [-0.4, -0.2) is 28.3 Å². The molecule has 86 valence electrons. The van der Waals surface area contributed by atoms with Crippen molar-refractivity contribution in [3.05, 3.63) is 29.6 Å². The van der Waals surface area contributed by atoms with E-state index in [0.717, 1.165) is 18.2 Å². The van der Waals surface area contributed by atoms with Gasteiger partial charge < -0.3 is 14.9 Å². The third-order valence-corrected chi connectivity index (χ3v) is 1.78. The number of carboxylic acids is 2. The number of carboxylic acid groups (broad SMARTS) is 2. The number of hydrogen-bond donors (Lipinski definition) is 2. The Morgan fingerprint density at radius 1 is 1.31 bits per heavy atom. The van der Waals surface area contributed by atoms with Crippen molar-refractivity contribution in [2.24, 2.45) is 0 Å². The van der Waals surface area contributed by atoms with E-state index in [1.54, 1.807) is 0 Å². The van der Waals surface area contributed by atoms with E-state index in [4.69, 9.17) is 14.9 Å². The predicted molar refractivity (Wildman–Crippen MR) is 51.1 cm³/mol. The molecule has 0 amide bonds. The van der Waals surface area contributed by atoms with Crippen molar-refractivity contribution in [1.82, 2.24) is 0 Å². The molecule has 0 fully saturated rings. The first kappa shape index (κ1) is 12.0. The van der Waals surface area contributed by atoms with Gasteiger partial charge in [0.05, 0.1) is 5.56 Å². The normalized spacial score (nSPS) is 11.9. The number of halogens is 1. The SMILES string of the molecule is CC(Oc1cc(F)cc(C(=O)O)c1)C(=O)O. The van der Waals surface area contributed by atoms with Gasteiger partial charge in [-0.2, -0.15) is 0 Å². The Labute approximate surface area is 90.1 Å². The van der Waals surface area contributed by atoms with Crippen LogP contribution in [-0.2, 0) is 4.79 Å². The molecule has 5 nitrogen and oxygen atoms in total. The minimum atomic E-state index is -1.31. The molecule has 0 saturated heterocycles. The molecule has 0 aliphatic carbocycles. The third-order valence-electron chi connectivity index (χ3n) is 1.78. The molecule has 0 aliphatic heterocycles. The number of rotatable bonds is 4. The van der Waals surface area contributed by atoms with Gasteiger partial charge >= 0.3 is 11.9 Å². The molecule has 1 unspecified atom stereocenters. The fourth-order valence-electron chi connectivity index (χ4n) is 1.01. The lowest BCUT2D eigenvalue weighted by Crippen LogP contribution is -2.23. The summed E-state index contributed by atoms with van der Waals surface area (Å²) in [5.41, 5.74) is -0.299. The Morgan fingerprint density at radius 2 is 1.94 bits per heavy atom. The monoisotopic (exact) mass is 228 g/mol. The van der Waals surface area contributed by atoms with E-state index in [2.05, 4.69) is 0 Å². The van der Waals surface area contributed by atoms with Gasteiger partial charge in [0.1, 0.15) is 11.6 Å². The molecule has 1 aromatic carbocycles. The number of benzene rings is 1. The first-order chi connectivity index (χ1) is 7.40. The van der Waals surface area contributed by atoms with Gasteiger partial charge in [-0.05, 0) is 19.1 Å². The summed E-state index contributed by atoms with van der Waals surface area (Å²) < 4.78 is 17.8. The van der Waals surface area contributed by atoms with Crippen LogP contribution < -0.4 is 4.74 Å². The highest BCUT2D eigenvalue weighted by molar-refractivity contribution is 5.88. The van der Waals surface area contributed by atoms with Gasteiger partial charge in [0.2, 0.25) is 0 Å². The fourth-order valence-corrected chi connectivity index (χ4v) is 1.01. The van der Waals surface area contributed by atoms with Gasteiger partial charge in [-0.3, -0.25) is 0 Å². The summed E-state index contributed by atoms with van der Waals surface area (Å²) in [6, 6.07) is 2.80. The van der Waals surface area contributed by atoms with Crippen molar-refractivity contribution in [2.45, 2.75) is 13.0 Å². The Kier molecular flexibility index (Phi) is 3.44. The van der Waals surface area contributed by atoms with Crippen molar-refractivity contribution in [3.8, 4) is 5.75 Å². The van der Waals surface area contributed by atoms with Crippen LogP contribution in [0.3, 0.4) is 0 Å². The molecule has 1 aromatic rings. The second-order valence-corrected chi connectivity index (χ2v) is 3.08. The first-order valence-electron chi connectivity index (χ1n) is 4.33. The topological polar surface area (TPSA) is 83.8 Å². The Hall–Kier alpha value is -2.11. The van der Waals surface area contributed by atoms with E-state index >= 15 is 0 Å². The molecule has 6 heteroatoms. The predicted octanol–water partition coefficient (Wildman–Crippen LogP) is 1.38. The molecule has 1 rings (SSSR count). The number of ether oxygens (including phenoxy) is 1. The largest absolute Gasteiger partial charge is 0.479 e. The van der Waals surface area contributed by atoms with Crippen LogP contribution in [0.4, 0.5) is 4.39 Å². The highest BCUT2D eigenvalue weighted by atomic mass is 19.1. The van der Waals surface area contributed by atoms with Crippen LogP contribution >= 0.6 is 0 Å². The molecule has 0 heterocycles. The fraction of sp³-hybridized carbons (Fsp3) is 0.200. The van der Waals surface area contributed by atoms with Crippen LogP contribution in [0.2, 0.25) is 0 Å². The second-order valence-electron chi connectivity index (χ2n) is 3.08. The van der Waals surface area contributed by atoms with Crippen molar-refractivity contribution < 1.29 is 28.9 Å². The Balaban J connectivity index is 2.97. The summed E-state index contributed by atoms with van der Waals surface area (Å²) in [5.74, 6) is -3.46. The minimum Gasteiger partial charge on any atom is -0.479 e. The number of hydrogen-bond acceptors (Lipinski definition) is 3. The van der Waals surface area contributed by atoms with Crippen LogP contribution in [0.15, 0.2) is 18.2 Å². The van der Waals surface area contributed by atoms with Gasteiger partial charge in [0.25, 0.3) is 0 Å². The molecular formula is C10H9FO5. The van der Waals surface area contributed by atoms with Crippen LogP contribution in [0.1, 0.15) is 17.3 Å². The van der Waals surface area contributed by atoms with E-state index in [1.165, 1.54) is 6.92 Å². The summed E-state index contributed by atoms with van der Waals surface area (Å²) in [6.45, 7) is 1.26. The lowest BCUT2D eigenvalue weighted by Gasteiger charge is -2.10. The van der Waals surface area contributed by atoms with Crippen LogP contribution in [0, 0.1) is 5.82 Å². The first-order valence-corrected chi connectivity index (χ1v) is 4.33. The summed E-state index contributed by atoms with van der Waals surface area (Å²) >= 11 is 0. The maximum Gasteiger partial charge on any atom is 0.344 e. The second kappa shape index (κ2) is 4.61. The zero-order valence-electron chi connectivity index (χ0n) is 8.31. The Morgan fingerprint density at radius 3 is 2.44 bits per heavy atom. The van der Waals surface area contributed by atoms with Gasteiger partial charge in [0, 0.05) is 6.07 Å². The third kappa shape index (κ3) is 2.94.